The van der Waals surface area contributed by atoms with E-state index >= 15 is 0 Å². The minimum absolute atomic E-state index is 0.174. The molecular formula is C14H15NO4. The van der Waals surface area contributed by atoms with E-state index in [1.54, 1.807) is 30.3 Å². The molecule has 1 aromatic rings. The number of carboxylic acid groups (broad SMARTS) is 1. The molecule has 0 spiro atoms. The maximum absolute atomic E-state index is 10.9. The Morgan fingerprint density at radius 2 is 2.00 bits per heavy atom. The molecule has 0 aliphatic carbocycles. The van der Waals surface area contributed by atoms with E-state index in [1.165, 1.54) is 13.0 Å². The van der Waals surface area contributed by atoms with Gasteiger partial charge < -0.3 is 15.2 Å². The van der Waals surface area contributed by atoms with Gasteiger partial charge in [-0.25, -0.2) is 4.79 Å². The Balaban J connectivity index is 2.86. The van der Waals surface area contributed by atoms with Crippen LogP contribution in [0.15, 0.2) is 42.6 Å². The monoisotopic (exact) mass is 261 g/mol. The average Bonchev–Trinajstić information content (AvgIpc) is 2.36. The molecule has 1 amide bonds. The zero-order chi connectivity index (χ0) is 14.3. The zero-order valence-electron chi connectivity index (χ0n) is 10.6. The topological polar surface area (TPSA) is 75.6 Å². The van der Waals surface area contributed by atoms with Gasteiger partial charge in [0.25, 0.3) is 0 Å². The zero-order valence-corrected chi connectivity index (χ0v) is 10.6. The first-order valence-corrected chi connectivity index (χ1v) is 5.59. The molecule has 2 N–H and O–H groups in total. The fourth-order valence-corrected chi connectivity index (χ4v) is 1.32. The smallest absolute Gasteiger partial charge is 0.352 e. The third kappa shape index (κ3) is 5.08. The van der Waals surface area contributed by atoms with E-state index in [4.69, 9.17) is 9.84 Å². The highest BCUT2D eigenvalue weighted by atomic mass is 16.5. The first-order valence-electron chi connectivity index (χ1n) is 5.59. The molecule has 0 saturated heterocycles. The Morgan fingerprint density at radius 1 is 1.37 bits per heavy atom. The number of rotatable bonds is 6. The number of amides is 1. The fraction of sp³-hybridized carbons (Fsp3) is 0.143. The average molecular weight is 261 g/mol. The van der Waals surface area contributed by atoms with Crippen LogP contribution in [0.25, 0.3) is 6.08 Å². The van der Waals surface area contributed by atoms with Crippen molar-refractivity contribution in [1.82, 2.24) is 5.32 Å². The summed E-state index contributed by atoms with van der Waals surface area (Å²) in [6.45, 7) is 5.20. The van der Waals surface area contributed by atoms with Gasteiger partial charge in [-0.2, -0.15) is 0 Å². The van der Waals surface area contributed by atoms with Crippen LogP contribution in [-0.2, 0) is 9.59 Å². The van der Waals surface area contributed by atoms with Gasteiger partial charge in [-0.05, 0) is 23.8 Å². The summed E-state index contributed by atoms with van der Waals surface area (Å²) in [5.74, 6) is -0.963. The molecule has 5 heteroatoms. The van der Waals surface area contributed by atoms with E-state index in [-0.39, 0.29) is 5.70 Å². The molecule has 0 unspecified atom stereocenters. The maximum atomic E-state index is 10.9. The Bertz CT molecular complexity index is 503. The lowest BCUT2D eigenvalue weighted by molar-refractivity contribution is -0.134. The highest BCUT2D eigenvalue weighted by Crippen LogP contribution is 2.14. The molecule has 0 aromatic heterocycles. The van der Waals surface area contributed by atoms with Crippen LogP contribution in [0.1, 0.15) is 12.5 Å². The molecule has 5 nitrogen and oxygen atoms in total. The lowest BCUT2D eigenvalue weighted by Gasteiger charge is -2.05. The van der Waals surface area contributed by atoms with Crippen LogP contribution in [0.5, 0.6) is 5.75 Å². The maximum Gasteiger partial charge on any atom is 0.352 e. The van der Waals surface area contributed by atoms with Crippen molar-refractivity contribution in [3.05, 3.63) is 48.2 Å². The largest absolute Gasteiger partial charge is 0.490 e. The molecule has 1 rings (SSSR count). The number of carbonyl (C=O) groups is 2. The van der Waals surface area contributed by atoms with Gasteiger partial charge in [0.1, 0.15) is 18.1 Å². The molecule has 0 aliphatic heterocycles. The molecule has 0 heterocycles. The van der Waals surface area contributed by atoms with E-state index < -0.39 is 11.9 Å². The van der Waals surface area contributed by atoms with Gasteiger partial charge >= 0.3 is 5.97 Å². The van der Waals surface area contributed by atoms with Gasteiger partial charge in [0.2, 0.25) is 5.91 Å². The SMILES string of the molecule is C=CCOc1ccc(/C=C(/NC(C)=O)C(=O)O)cc1. The summed E-state index contributed by atoms with van der Waals surface area (Å²) in [7, 11) is 0. The van der Waals surface area contributed by atoms with Gasteiger partial charge in [-0.3, -0.25) is 4.79 Å². The Hall–Kier alpha value is -2.56. The molecule has 0 aliphatic rings. The number of aliphatic carboxylic acids is 1. The number of benzene rings is 1. The van der Waals surface area contributed by atoms with Crippen LogP contribution in [0.4, 0.5) is 0 Å². The number of carboxylic acids is 1. The standard InChI is InChI=1S/C14H15NO4/c1-3-8-19-12-6-4-11(5-7-12)9-13(14(17)18)15-10(2)16/h3-7,9H,1,8H2,2H3,(H,15,16)(H,17,18)/b13-9+. The van der Waals surface area contributed by atoms with Crippen molar-refractivity contribution in [2.24, 2.45) is 0 Å². The molecule has 0 fully saturated rings. The highest BCUT2D eigenvalue weighted by Gasteiger charge is 2.08. The predicted octanol–water partition coefficient (Wildman–Crippen LogP) is 1.81. The third-order valence-corrected chi connectivity index (χ3v) is 2.10. The summed E-state index contributed by atoms with van der Waals surface area (Å²) in [4.78, 5) is 21.8. The lowest BCUT2D eigenvalue weighted by Crippen LogP contribution is -2.24. The summed E-state index contributed by atoms with van der Waals surface area (Å²) in [6.07, 6.45) is 3.01. The third-order valence-electron chi connectivity index (χ3n) is 2.10. The van der Waals surface area contributed by atoms with Crippen molar-refractivity contribution in [2.45, 2.75) is 6.92 Å². The summed E-state index contributed by atoms with van der Waals surface area (Å²) in [5, 5.41) is 11.2. The van der Waals surface area contributed by atoms with Crippen LogP contribution in [0, 0.1) is 0 Å². The van der Waals surface area contributed by atoms with Gasteiger partial charge in [0.15, 0.2) is 0 Å². The minimum Gasteiger partial charge on any atom is -0.490 e. The van der Waals surface area contributed by atoms with E-state index in [0.29, 0.717) is 17.9 Å². The second kappa shape index (κ2) is 7.00. The minimum atomic E-state index is -1.19. The van der Waals surface area contributed by atoms with Crippen molar-refractivity contribution in [3.63, 3.8) is 0 Å². The number of hydrogen-bond donors (Lipinski definition) is 2. The summed E-state index contributed by atoms with van der Waals surface area (Å²) in [5.41, 5.74) is 0.476. The number of carbonyl (C=O) groups excluding carboxylic acids is 1. The van der Waals surface area contributed by atoms with Crippen LogP contribution in [-0.4, -0.2) is 23.6 Å². The van der Waals surface area contributed by atoms with Crippen LogP contribution in [0.3, 0.4) is 0 Å². The van der Waals surface area contributed by atoms with Crippen LogP contribution in [0.2, 0.25) is 0 Å². The van der Waals surface area contributed by atoms with Crippen molar-refractivity contribution in [3.8, 4) is 5.75 Å². The Labute approximate surface area is 111 Å². The van der Waals surface area contributed by atoms with E-state index in [0.717, 1.165) is 0 Å². The first kappa shape index (κ1) is 14.5. The molecule has 100 valence electrons. The molecule has 0 atom stereocenters. The van der Waals surface area contributed by atoms with Gasteiger partial charge in [-0.15, -0.1) is 0 Å². The van der Waals surface area contributed by atoms with E-state index in [2.05, 4.69) is 11.9 Å². The molecule has 0 bridgehead atoms. The van der Waals surface area contributed by atoms with Gasteiger partial charge in [0.05, 0.1) is 0 Å². The molecular weight excluding hydrogens is 246 g/mol. The summed E-state index contributed by atoms with van der Waals surface area (Å²) < 4.78 is 5.30. The van der Waals surface area contributed by atoms with Crippen LogP contribution >= 0.6 is 0 Å². The summed E-state index contributed by atoms with van der Waals surface area (Å²) >= 11 is 0. The van der Waals surface area contributed by atoms with E-state index in [9.17, 15) is 9.59 Å². The van der Waals surface area contributed by atoms with Crippen molar-refractivity contribution in [2.75, 3.05) is 6.61 Å². The van der Waals surface area contributed by atoms with Gasteiger partial charge in [-0.1, -0.05) is 24.8 Å². The molecule has 19 heavy (non-hydrogen) atoms. The van der Waals surface area contributed by atoms with Crippen molar-refractivity contribution >= 4 is 18.0 Å². The number of nitrogens with one attached hydrogen (secondary N) is 1. The van der Waals surface area contributed by atoms with Crippen LogP contribution < -0.4 is 10.1 Å². The summed E-state index contributed by atoms with van der Waals surface area (Å²) in [6, 6.07) is 6.82. The Morgan fingerprint density at radius 3 is 2.47 bits per heavy atom. The quantitative estimate of drug-likeness (QED) is 0.605. The highest BCUT2D eigenvalue weighted by molar-refractivity contribution is 5.96. The molecule has 1 aromatic carbocycles. The lowest BCUT2D eigenvalue weighted by atomic mass is 10.2. The normalized spacial score (nSPS) is 10.7. The van der Waals surface area contributed by atoms with Crippen molar-refractivity contribution < 1.29 is 19.4 Å². The van der Waals surface area contributed by atoms with Gasteiger partial charge in [0, 0.05) is 6.92 Å². The Kier molecular flexibility index (Phi) is 5.35. The first-order chi connectivity index (χ1) is 9.02. The second-order valence-electron chi connectivity index (χ2n) is 3.71. The molecule has 0 radical (unpaired) electrons. The second-order valence-corrected chi connectivity index (χ2v) is 3.71. The molecule has 0 saturated carbocycles. The number of hydrogen-bond acceptors (Lipinski definition) is 3. The van der Waals surface area contributed by atoms with E-state index in [1.807, 2.05) is 0 Å². The van der Waals surface area contributed by atoms with Crippen molar-refractivity contribution in [1.29, 1.82) is 0 Å². The predicted molar refractivity (Wildman–Crippen MR) is 71.6 cm³/mol. The fourth-order valence-electron chi connectivity index (χ4n) is 1.32. The number of ether oxygens (including phenoxy) is 1.